The summed E-state index contributed by atoms with van der Waals surface area (Å²) in [5.41, 5.74) is 2.49. The number of amides is 1. The van der Waals surface area contributed by atoms with Gasteiger partial charge in [0.2, 0.25) is 11.9 Å². The molecule has 0 bridgehead atoms. The van der Waals surface area contributed by atoms with Crippen LogP contribution in [-0.2, 0) is 14.6 Å². The van der Waals surface area contributed by atoms with E-state index in [2.05, 4.69) is 30.9 Å². The van der Waals surface area contributed by atoms with Crippen molar-refractivity contribution in [3.05, 3.63) is 54.4 Å². The molecule has 0 atom stereocenters. The van der Waals surface area contributed by atoms with E-state index in [4.69, 9.17) is 0 Å². The van der Waals surface area contributed by atoms with Crippen LogP contribution in [0.4, 0.5) is 28.8 Å². The highest BCUT2D eigenvalue weighted by atomic mass is 32.2. The number of pyridine rings is 1. The Kier molecular flexibility index (Phi) is 7.79. The molecule has 0 aliphatic heterocycles. The predicted molar refractivity (Wildman–Crippen MR) is 134 cm³/mol. The molecule has 0 fully saturated rings. The third-order valence-corrected chi connectivity index (χ3v) is 6.88. The summed E-state index contributed by atoms with van der Waals surface area (Å²) >= 11 is 0. The van der Waals surface area contributed by atoms with Gasteiger partial charge in [-0.3, -0.25) is 4.79 Å². The standard InChI is InChI=1S/C23H29N7O3S/c1-15(2)34(32,33)22-19(7-6-12-24-22)28-21-16(3)13-25-23(29-21)27-18-10-8-17(9-11-18)26-20(31)14-30(4)5/h6-13,15H,14H2,1-5H3,(H,26,31)(H2,25,27,28,29). The molecular weight excluding hydrogens is 454 g/mol. The second-order valence-corrected chi connectivity index (χ2v) is 10.7. The fraction of sp³-hybridized carbons (Fsp3) is 0.304. The molecule has 0 spiro atoms. The molecule has 3 N–H and O–H groups in total. The van der Waals surface area contributed by atoms with Crippen LogP contribution >= 0.6 is 0 Å². The Bertz CT molecular complexity index is 1260. The van der Waals surface area contributed by atoms with E-state index in [-0.39, 0.29) is 10.9 Å². The minimum absolute atomic E-state index is 0.0237. The number of sulfone groups is 1. The van der Waals surface area contributed by atoms with Crippen molar-refractivity contribution in [2.75, 3.05) is 36.6 Å². The quantitative estimate of drug-likeness (QED) is 0.419. The van der Waals surface area contributed by atoms with Crippen LogP contribution < -0.4 is 16.0 Å². The highest BCUT2D eigenvalue weighted by Crippen LogP contribution is 2.27. The van der Waals surface area contributed by atoms with E-state index < -0.39 is 15.1 Å². The predicted octanol–water partition coefficient (Wildman–Crippen LogP) is 3.35. The van der Waals surface area contributed by atoms with Crippen molar-refractivity contribution in [3.8, 4) is 0 Å². The number of benzene rings is 1. The Morgan fingerprint density at radius 2 is 1.71 bits per heavy atom. The van der Waals surface area contributed by atoms with Gasteiger partial charge in [0.15, 0.2) is 14.9 Å². The van der Waals surface area contributed by atoms with Gasteiger partial charge in [-0.05, 0) is 71.3 Å². The molecule has 3 rings (SSSR count). The zero-order valence-electron chi connectivity index (χ0n) is 19.8. The van der Waals surface area contributed by atoms with Gasteiger partial charge in [-0.1, -0.05) is 0 Å². The van der Waals surface area contributed by atoms with Crippen LogP contribution in [0.3, 0.4) is 0 Å². The van der Waals surface area contributed by atoms with Crippen molar-refractivity contribution in [3.63, 3.8) is 0 Å². The van der Waals surface area contributed by atoms with Gasteiger partial charge in [-0.15, -0.1) is 0 Å². The monoisotopic (exact) mass is 483 g/mol. The molecule has 1 aromatic carbocycles. The SMILES string of the molecule is Cc1cnc(Nc2ccc(NC(=O)CN(C)C)cc2)nc1Nc1cccnc1S(=O)(=O)C(C)C. The number of carbonyl (C=O) groups excluding carboxylic acids is 1. The van der Waals surface area contributed by atoms with Crippen LogP contribution in [0.5, 0.6) is 0 Å². The first-order chi connectivity index (χ1) is 16.1. The lowest BCUT2D eigenvalue weighted by Crippen LogP contribution is -2.27. The van der Waals surface area contributed by atoms with Gasteiger partial charge in [0.25, 0.3) is 0 Å². The summed E-state index contributed by atoms with van der Waals surface area (Å²) in [4.78, 5) is 26.6. The van der Waals surface area contributed by atoms with Crippen molar-refractivity contribution < 1.29 is 13.2 Å². The number of anilines is 5. The maximum absolute atomic E-state index is 12.7. The number of hydrogen-bond acceptors (Lipinski definition) is 9. The van der Waals surface area contributed by atoms with Crippen LogP contribution in [0.1, 0.15) is 19.4 Å². The Morgan fingerprint density at radius 1 is 1.03 bits per heavy atom. The van der Waals surface area contributed by atoms with Gasteiger partial charge < -0.3 is 20.9 Å². The molecule has 0 aliphatic rings. The molecule has 2 aromatic heterocycles. The molecule has 0 saturated carbocycles. The molecule has 1 amide bonds. The fourth-order valence-electron chi connectivity index (χ4n) is 2.95. The smallest absolute Gasteiger partial charge is 0.238 e. The maximum Gasteiger partial charge on any atom is 0.238 e. The normalized spacial score (nSPS) is 11.5. The van der Waals surface area contributed by atoms with Crippen molar-refractivity contribution in [1.29, 1.82) is 0 Å². The Hall–Kier alpha value is -3.57. The van der Waals surface area contributed by atoms with Gasteiger partial charge in [0.05, 0.1) is 17.5 Å². The van der Waals surface area contributed by atoms with Crippen molar-refractivity contribution >= 4 is 44.6 Å². The van der Waals surface area contributed by atoms with Gasteiger partial charge in [0, 0.05) is 29.3 Å². The fourth-order valence-corrected chi connectivity index (χ4v) is 4.03. The van der Waals surface area contributed by atoms with Gasteiger partial charge in [-0.25, -0.2) is 18.4 Å². The van der Waals surface area contributed by atoms with Crippen LogP contribution in [0.25, 0.3) is 0 Å². The highest BCUT2D eigenvalue weighted by molar-refractivity contribution is 7.92. The summed E-state index contributed by atoms with van der Waals surface area (Å²) in [6, 6.07) is 10.5. The average Bonchev–Trinajstić information content (AvgIpc) is 2.77. The zero-order valence-corrected chi connectivity index (χ0v) is 20.6. The van der Waals surface area contributed by atoms with E-state index in [0.717, 1.165) is 11.3 Å². The van der Waals surface area contributed by atoms with Crippen LogP contribution in [0.15, 0.2) is 53.8 Å². The molecule has 0 unspecified atom stereocenters. The van der Waals surface area contributed by atoms with Crippen molar-refractivity contribution in [2.45, 2.75) is 31.0 Å². The first-order valence-electron chi connectivity index (χ1n) is 10.7. The summed E-state index contributed by atoms with van der Waals surface area (Å²) in [7, 11) is 0.0740. The molecule has 34 heavy (non-hydrogen) atoms. The largest absolute Gasteiger partial charge is 0.337 e. The molecule has 11 heteroatoms. The van der Waals surface area contributed by atoms with Crippen molar-refractivity contribution in [2.24, 2.45) is 0 Å². The lowest BCUT2D eigenvalue weighted by molar-refractivity contribution is -0.116. The molecular formula is C23H29N7O3S. The summed E-state index contributed by atoms with van der Waals surface area (Å²) < 4.78 is 25.4. The second-order valence-electron chi connectivity index (χ2n) is 8.29. The lowest BCUT2D eigenvalue weighted by Gasteiger charge is -2.15. The summed E-state index contributed by atoms with van der Waals surface area (Å²) in [5.74, 6) is 0.686. The zero-order chi connectivity index (χ0) is 24.9. The molecule has 0 aliphatic carbocycles. The summed E-state index contributed by atoms with van der Waals surface area (Å²) in [6.45, 7) is 5.35. The van der Waals surface area contributed by atoms with E-state index in [1.54, 1.807) is 61.3 Å². The van der Waals surface area contributed by atoms with Gasteiger partial charge in [-0.2, -0.15) is 4.98 Å². The number of hydrogen-bond donors (Lipinski definition) is 3. The Balaban J connectivity index is 1.78. The molecule has 10 nitrogen and oxygen atoms in total. The number of aromatic nitrogens is 3. The Labute approximate surface area is 199 Å². The van der Waals surface area contributed by atoms with E-state index in [0.29, 0.717) is 29.7 Å². The molecule has 3 aromatic rings. The van der Waals surface area contributed by atoms with Crippen molar-refractivity contribution in [1.82, 2.24) is 19.9 Å². The second kappa shape index (κ2) is 10.6. The van der Waals surface area contributed by atoms with Crippen LogP contribution in [-0.4, -0.2) is 60.1 Å². The number of rotatable bonds is 9. The molecule has 0 saturated heterocycles. The van der Waals surface area contributed by atoms with Gasteiger partial charge >= 0.3 is 0 Å². The minimum Gasteiger partial charge on any atom is -0.337 e. The average molecular weight is 484 g/mol. The van der Waals surface area contributed by atoms with Gasteiger partial charge in [0.1, 0.15) is 5.82 Å². The van der Waals surface area contributed by atoms with Crippen LogP contribution in [0.2, 0.25) is 0 Å². The lowest BCUT2D eigenvalue weighted by atomic mass is 10.2. The number of nitrogens with one attached hydrogen (secondary N) is 3. The van der Waals surface area contributed by atoms with E-state index in [9.17, 15) is 13.2 Å². The van der Waals surface area contributed by atoms with E-state index in [1.165, 1.54) is 6.20 Å². The number of nitrogens with zero attached hydrogens (tertiary/aromatic N) is 4. The highest BCUT2D eigenvalue weighted by Gasteiger charge is 2.24. The first kappa shape index (κ1) is 25.1. The maximum atomic E-state index is 12.7. The molecule has 2 heterocycles. The minimum atomic E-state index is -3.58. The first-order valence-corrected chi connectivity index (χ1v) is 12.2. The van der Waals surface area contributed by atoms with Crippen LogP contribution in [0, 0.1) is 6.92 Å². The summed E-state index contributed by atoms with van der Waals surface area (Å²) in [6.07, 6.45) is 3.09. The number of likely N-dealkylation sites (N-methyl/N-ethyl adjacent to an activating group) is 1. The third-order valence-electron chi connectivity index (χ3n) is 4.77. The third kappa shape index (κ3) is 6.27. The van der Waals surface area contributed by atoms with E-state index >= 15 is 0 Å². The summed E-state index contributed by atoms with van der Waals surface area (Å²) in [5, 5.41) is 8.40. The number of carbonyl (C=O) groups is 1. The number of aryl methyl sites for hydroxylation is 1. The molecule has 180 valence electrons. The molecule has 0 radical (unpaired) electrons. The van der Waals surface area contributed by atoms with E-state index in [1.807, 2.05) is 21.0 Å². The topological polar surface area (TPSA) is 129 Å². The Morgan fingerprint density at radius 3 is 2.35 bits per heavy atom.